The predicted octanol–water partition coefficient (Wildman–Crippen LogP) is 6.70. The topological polar surface area (TPSA) is 66.5 Å². The van der Waals surface area contributed by atoms with Crippen LogP contribution >= 0.6 is 0 Å². The first-order valence-electron chi connectivity index (χ1n) is 13.0. The number of nitrogens with zero attached hydrogens (tertiary/aromatic N) is 1. The van der Waals surface area contributed by atoms with Crippen molar-refractivity contribution in [1.29, 1.82) is 0 Å². The molecule has 4 rings (SSSR count). The lowest BCUT2D eigenvalue weighted by atomic mass is 9.92. The standard InChI is InChI=1S/C30H33F3N2O3S/c1-4-39(37,38)27-15-5-21(6-16-27)17-29(36)34-25-11-13-26(14-12-25)35-19-23(18-28(35)20(2)3)22-7-9-24(10-8-22)30(31,32)33/h5-16,20,23,28H,4,17-19H2,1-3H3,(H,34,36). The van der Waals surface area contributed by atoms with Crippen LogP contribution in [0.2, 0.25) is 0 Å². The second-order valence-electron chi connectivity index (χ2n) is 10.3. The molecule has 39 heavy (non-hydrogen) atoms. The van der Waals surface area contributed by atoms with E-state index in [0.717, 1.165) is 29.8 Å². The van der Waals surface area contributed by atoms with E-state index < -0.39 is 21.6 Å². The molecule has 0 spiro atoms. The summed E-state index contributed by atoms with van der Waals surface area (Å²) in [5.74, 6) is 0.284. The van der Waals surface area contributed by atoms with Gasteiger partial charge in [-0.3, -0.25) is 4.79 Å². The largest absolute Gasteiger partial charge is 0.416 e. The van der Waals surface area contributed by atoms with Gasteiger partial charge < -0.3 is 10.2 Å². The molecule has 5 nitrogen and oxygen atoms in total. The summed E-state index contributed by atoms with van der Waals surface area (Å²) in [5, 5.41) is 2.88. The minimum Gasteiger partial charge on any atom is -0.368 e. The van der Waals surface area contributed by atoms with E-state index in [9.17, 15) is 26.4 Å². The summed E-state index contributed by atoms with van der Waals surface area (Å²) in [4.78, 5) is 15.1. The number of carbonyl (C=O) groups is 1. The summed E-state index contributed by atoms with van der Waals surface area (Å²) in [6.45, 7) is 6.58. The second-order valence-corrected chi connectivity index (χ2v) is 12.6. The molecule has 0 saturated carbocycles. The fourth-order valence-electron chi connectivity index (χ4n) is 5.09. The second kappa shape index (κ2) is 11.4. The minimum atomic E-state index is -4.35. The summed E-state index contributed by atoms with van der Waals surface area (Å²) in [6, 6.07) is 19.6. The third-order valence-corrected chi connectivity index (χ3v) is 9.08. The molecule has 3 aromatic carbocycles. The first-order valence-corrected chi connectivity index (χ1v) is 14.7. The highest BCUT2D eigenvalue weighted by Crippen LogP contribution is 2.39. The Balaban J connectivity index is 1.40. The van der Waals surface area contributed by atoms with Crippen LogP contribution in [0, 0.1) is 5.92 Å². The number of hydrogen-bond acceptors (Lipinski definition) is 4. The summed E-state index contributed by atoms with van der Waals surface area (Å²) < 4.78 is 62.9. The molecule has 3 aromatic rings. The number of halogens is 3. The maximum atomic E-state index is 13.0. The molecule has 0 radical (unpaired) electrons. The fraction of sp³-hybridized carbons (Fsp3) is 0.367. The quantitative estimate of drug-likeness (QED) is 0.334. The monoisotopic (exact) mass is 558 g/mol. The van der Waals surface area contributed by atoms with Crippen LogP contribution in [0.3, 0.4) is 0 Å². The van der Waals surface area contributed by atoms with Gasteiger partial charge in [0.25, 0.3) is 0 Å². The molecule has 1 aliphatic heterocycles. The minimum absolute atomic E-state index is 0.0217. The number of hydrogen-bond donors (Lipinski definition) is 1. The number of rotatable bonds is 8. The van der Waals surface area contributed by atoms with Crippen molar-refractivity contribution >= 4 is 27.1 Å². The number of carbonyl (C=O) groups excluding carboxylic acids is 1. The fourth-order valence-corrected chi connectivity index (χ4v) is 5.97. The van der Waals surface area contributed by atoms with Crippen molar-refractivity contribution in [1.82, 2.24) is 0 Å². The van der Waals surface area contributed by atoms with E-state index in [0.29, 0.717) is 23.7 Å². The van der Waals surface area contributed by atoms with Crippen LogP contribution in [-0.2, 0) is 27.2 Å². The SMILES string of the molecule is CCS(=O)(=O)c1ccc(CC(=O)Nc2ccc(N3CC(c4ccc(C(F)(F)F)cc4)CC3C(C)C)cc2)cc1. The Bertz CT molecular complexity index is 1390. The van der Waals surface area contributed by atoms with Gasteiger partial charge in [-0.1, -0.05) is 45.0 Å². The molecule has 0 bridgehead atoms. The van der Waals surface area contributed by atoms with Gasteiger partial charge in [0.05, 0.1) is 22.6 Å². The lowest BCUT2D eigenvalue weighted by Crippen LogP contribution is -2.33. The third kappa shape index (κ3) is 6.82. The zero-order valence-corrected chi connectivity index (χ0v) is 23.0. The van der Waals surface area contributed by atoms with Crippen molar-refractivity contribution < 1.29 is 26.4 Å². The number of benzene rings is 3. The molecular weight excluding hydrogens is 525 g/mol. The Kier molecular flexibility index (Phi) is 8.39. The van der Waals surface area contributed by atoms with E-state index >= 15 is 0 Å². The van der Waals surface area contributed by atoms with E-state index in [4.69, 9.17) is 0 Å². The molecule has 2 atom stereocenters. The molecule has 0 aliphatic carbocycles. The van der Waals surface area contributed by atoms with Gasteiger partial charge in [-0.05, 0) is 72.0 Å². The Morgan fingerprint density at radius 2 is 1.59 bits per heavy atom. The molecule has 1 aliphatic rings. The van der Waals surface area contributed by atoms with Gasteiger partial charge in [-0.15, -0.1) is 0 Å². The van der Waals surface area contributed by atoms with E-state index in [1.54, 1.807) is 31.2 Å². The number of alkyl halides is 3. The summed E-state index contributed by atoms with van der Waals surface area (Å²) >= 11 is 0. The Labute approximate surface area is 228 Å². The van der Waals surface area contributed by atoms with Gasteiger partial charge >= 0.3 is 6.18 Å². The van der Waals surface area contributed by atoms with Crippen LogP contribution in [0.5, 0.6) is 0 Å². The zero-order chi connectivity index (χ0) is 28.4. The molecule has 0 aromatic heterocycles. The van der Waals surface area contributed by atoms with Crippen LogP contribution in [0.4, 0.5) is 24.5 Å². The molecule has 2 unspecified atom stereocenters. The third-order valence-electron chi connectivity index (χ3n) is 7.33. The highest BCUT2D eigenvalue weighted by atomic mass is 32.2. The number of nitrogens with one attached hydrogen (secondary N) is 1. The molecule has 1 saturated heterocycles. The van der Waals surface area contributed by atoms with Crippen molar-refractivity contribution in [3.05, 3.63) is 89.5 Å². The highest BCUT2D eigenvalue weighted by Gasteiger charge is 2.36. The molecule has 208 valence electrons. The molecule has 1 fully saturated rings. The van der Waals surface area contributed by atoms with Crippen LogP contribution in [0.1, 0.15) is 49.8 Å². The van der Waals surface area contributed by atoms with E-state index in [1.165, 1.54) is 12.1 Å². The number of amides is 1. The summed E-state index contributed by atoms with van der Waals surface area (Å²) in [5.41, 5.74) is 2.62. The van der Waals surface area contributed by atoms with Crippen molar-refractivity contribution in [2.24, 2.45) is 5.92 Å². The van der Waals surface area contributed by atoms with Crippen molar-refractivity contribution in [2.75, 3.05) is 22.5 Å². The van der Waals surface area contributed by atoms with Crippen molar-refractivity contribution in [2.45, 2.75) is 56.6 Å². The Morgan fingerprint density at radius 1 is 0.974 bits per heavy atom. The molecule has 9 heteroatoms. The predicted molar refractivity (Wildman–Crippen MR) is 148 cm³/mol. The van der Waals surface area contributed by atoms with Crippen molar-refractivity contribution in [3.63, 3.8) is 0 Å². The summed E-state index contributed by atoms with van der Waals surface area (Å²) in [7, 11) is -3.28. The highest BCUT2D eigenvalue weighted by molar-refractivity contribution is 7.91. The smallest absolute Gasteiger partial charge is 0.368 e. The Hall–Kier alpha value is -3.33. The normalized spacial score (nSPS) is 18.0. The van der Waals surface area contributed by atoms with Gasteiger partial charge in [0.15, 0.2) is 9.84 Å². The number of anilines is 2. The van der Waals surface area contributed by atoms with E-state index in [2.05, 4.69) is 24.1 Å². The zero-order valence-electron chi connectivity index (χ0n) is 22.2. The van der Waals surface area contributed by atoms with Crippen LogP contribution in [-0.4, -0.2) is 32.7 Å². The van der Waals surface area contributed by atoms with E-state index in [1.807, 2.05) is 24.3 Å². The average Bonchev–Trinajstić information content (AvgIpc) is 3.35. The first-order chi connectivity index (χ1) is 18.4. The lowest BCUT2D eigenvalue weighted by Gasteiger charge is -2.29. The maximum Gasteiger partial charge on any atom is 0.416 e. The average molecular weight is 559 g/mol. The van der Waals surface area contributed by atoms with Gasteiger partial charge in [-0.25, -0.2) is 8.42 Å². The van der Waals surface area contributed by atoms with Gasteiger partial charge in [0, 0.05) is 29.9 Å². The molecule has 1 amide bonds. The van der Waals surface area contributed by atoms with Crippen molar-refractivity contribution in [3.8, 4) is 0 Å². The van der Waals surface area contributed by atoms with Crippen LogP contribution < -0.4 is 10.2 Å². The van der Waals surface area contributed by atoms with Crippen LogP contribution in [0.25, 0.3) is 0 Å². The van der Waals surface area contributed by atoms with E-state index in [-0.39, 0.29) is 34.9 Å². The van der Waals surface area contributed by atoms with Gasteiger partial charge in [0.1, 0.15) is 0 Å². The number of sulfone groups is 1. The maximum absolute atomic E-state index is 13.0. The van der Waals surface area contributed by atoms with Crippen LogP contribution in [0.15, 0.2) is 77.7 Å². The van der Waals surface area contributed by atoms with Gasteiger partial charge in [-0.2, -0.15) is 13.2 Å². The molecule has 1 N–H and O–H groups in total. The first kappa shape index (κ1) is 28.7. The lowest BCUT2D eigenvalue weighted by molar-refractivity contribution is -0.137. The molecule has 1 heterocycles. The molecular formula is C30H33F3N2O3S. The van der Waals surface area contributed by atoms with Gasteiger partial charge in [0.2, 0.25) is 5.91 Å². The Morgan fingerprint density at radius 3 is 2.13 bits per heavy atom. The summed E-state index contributed by atoms with van der Waals surface area (Å²) in [6.07, 6.45) is -3.38.